The molecule has 0 heterocycles. The molecule has 1 rings (SSSR count). The van der Waals surface area contributed by atoms with Crippen molar-refractivity contribution in [2.75, 3.05) is 0 Å². The van der Waals surface area contributed by atoms with Gasteiger partial charge >= 0.3 is 0 Å². The monoisotopic (exact) mass is 208 g/mol. The molecule has 1 aromatic carbocycles. The highest BCUT2D eigenvalue weighted by molar-refractivity contribution is 5.89. The maximum absolute atomic E-state index is 11.6. The number of aliphatic hydroxyl groups is 1. The van der Waals surface area contributed by atoms with Gasteiger partial charge in [0.2, 0.25) is 0 Å². The van der Waals surface area contributed by atoms with Crippen molar-refractivity contribution < 1.29 is 15.0 Å². The molecule has 3 N–H and O–H groups in total. The summed E-state index contributed by atoms with van der Waals surface area (Å²) in [4.78, 5) is 11.5. The SMILES string of the molecule is C[C@@H](O)[C@H](N)C(=O)C([O])c1ccccc1. The topological polar surface area (TPSA) is 83.2 Å². The van der Waals surface area contributed by atoms with Crippen molar-refractivity contribution in [3.63, 3.8) is 0 Å². The summed E-state index contributed by atoms with van der Waals surface area (Å²) in [5.74, 6) is -0.684. The predicted octanol–water partition coefficient (Wildman–Crippen LogP) is 0.435. The minimum absolute atomic E-state index is 0.374. The molecule has 1 aromatic rings. The Hall–Kier alpha value is -1.23. The molecule has 0 aromatic heterocycles. The summed E-state index contributed by atoms with van der Waals surface area (Å²) in [6.07, 6.45) is -2.52. The molecule has 0 aliphatic carbocycles. The fourth-order valence-electron chi connectivity index (χ4n) is 1.20. The van der Waals surface area contributed by atoms with Gasteiger partial charge in [0.25, 0.3) is 0 Å². The van der Waals surface area contributed by atoms with Crippen LogP contribution in [0.15, 0.2) is 30.3 Å². The van der Waals surface area contributed by atoms with Crippen LogP contribution in [-0.2, 0) is 9.90 Å². The Kier molecular flexibility index (Phi) is 3.96. The summed E-state index contributed by atoms with van der Waals surface area (Å²) < 4.78 is 0. The third-order valence-corrected chi connectivity index (χ3v) is 2.21. The van der Waals surface area contributed by atoms with E-state index in [2.05, 4.69) is 0 Å². The molecule has 15 heavy (non-hydrogen) atoms. The van der Waals surface area contributed by atoms with Gasteiger partial charge in [-0.2, -0.15) is 0 Å². The normalized spacial score (nSPS) is 16.8. The summed E-state index contributed by atoms with van der Waals surface area (Å²) in [5.41, 5.74) is 5.77. The van der Waals surface area contributed by atoms with E-state index in [0.29, 0.717) is 5.56 Å². The van der Waals surface area contributed by atoms with E-state index in [9.17, 15) is 9.90 Å². The first kappa shape index (κ1) is 11.8. The van der Waals surface area contributed by atoms with E-state index >= 15 is 0 Å². The van der Waals surface area contributed by atoms with Crippen molar-refractivity contribution in [1.29, 1.82) is 0 Å². The molecule has 4 heteroatoms. The average Bonchev–Trinajstić information content (AvgIpc) is 2.27. The Labute approximate surface area is 88.3 Å². The molecule has 0 aliphatic heterocycles. The standard InChI is InChI=1S/C11H14NO3/c1-7(13)9(12)11(15)10(14)8-5-3-2-4-6-8/h2-7,9-10,13H,12H2,1H3/t7-,9+,10?/m1/s1. The second-order valence-electron chi connectivity index (χ2n) is 3.46. The van der Waals surface area contributed by atoms with Crippen LogP contribution >= 0.6 is 0 Å². The van der Waals surface area contributed by atoms with Crippen LogP contribution in [0.3, 0.4) is 0 Å². The van der Waals surface area contributed by atoms with Crippen molar-refractivity contribution >= 4 is 5.78 Å². The Morgan fingerprint density at radius 3 is 2.33 bits per heavy atom. The van der Waals surface area contributed by atoms with Gasteiger partial charge < -0.3 is 10.8 Å². The van der Waals surface area contributed by atoms with Crippen LogP contribution in [0, 0.1) is 0 Å². The van der Waals surface area contributed by atoms with E-state index in [-0.39, 0.29) is 0 Å². The lowest BCUT2D eigenvalue weighted by molar-refractivity contribution is -0.134. The third-order valence-electron chi connectivity index (χ3n) is 2.21. The summed E-state index contributed by atoms with van der Waals surface area (Å²) in [5, 5.41) is 20.7. The van der Waals surface area contributed by atoms with Crippen molar-refractivity contribution in [3.05, 3.63) is 35.9 Å². The second-order valence-corrected chi connectivity index (χ2v) is 3.46. The zero-order valence-corrected chi connectivity index (χ0v) is 8.46. The van der Waals surface area contributed by atoms with Crippen LogP contribution < -0.4 is 5.73 Å². The van der Waals surface area contributed by atoms with Crippen molar-refractivity contribution in [2.24, 2.45) is 5.73 Å². The van der Waals surface area contributed by atoms with Crippen LogP contribution in [0.4, 0.5) is 0 Å². The van der Waals surface area contributed by atoms with Crippen LogP contribution in [0.2, 0.25) is 0 Å². The van der Waals surface area contributed by atoms with Crippen LogP contribution in [0.1, 0.15) is 18.6 Å². The first-order valence-corrected chi connectivity index (χ1v) is 4.72. The molecule has 1 radical (unpaired) electrons. The lowest BCUT2D eigenvalue weighted by Crippen LogP contribution is -2.42. The van der Waals surface area contributed by atoms with E-state index in [1.54, 1.807) is 30.3 Å². The van der Waals surface area contributed by atoms with Crippen LogP contribution in [0.5, 0.6) is 0 Å². The second kappa shape index (κ2) is 5.02. The number of carbonyl (C=O) groups excluding carboxylic acids is 1. The highest BCUT2D eigenvalue weighted by Crippen LogP contribution is 2.15. The minimum Gasteiger partial charge on any atom is -0.391 e. The van der Waals surface area contributed by atoms with Crippen molar-refractivity contribution in [3.8, 4) is 0 Å². The fourth-order valence-corrected chi connectivity index (χ4v) is 1.20. The molecule has 0 saturated carbocycles. The largest absolute Gasteiger partial charge is 0.391 e. The quantitative estimate of drug-likeness (QED) is 0.752. The van der Waals surface area contributed by atoms with Gasteiger partial charge in [-0.25, -0.2) is 5.11 Å². The average molecular weight is 208 g/mol. The number of hydrogen-bond acceptors (Lipinski definition) is 3. The molecular weight excluding hydrogens is 194 g/mol. The number of benzene rings is 1. The molecule has 0 fully saturated rings. The molecule has 3 atom stereocenters. The van der Waals surface area contributed by atoms with Gasteiger partial charge in [-0.1, -0.05) is 30.3 Å². The number of Topliss-reactive ketones (excluding diaryl/α,β-unsaturated/α-hetero) is 1. The lowest BCUT2D eigenvalue weighted by atomic mass is 9.98. The molecule has 0 saturated heterocycles. The van der Waals surface area contributed by atoms with E-state index in [0.717, 1.165) is 0 Å². The number of aliphatic hydroxyl groups excluding tert-OH is 1. The maximum atomic E-state index is 11.6. The Balaban J connectivity index is 2.78. The first-order chi connectivity index (χ1) is 7.04. The molecule has 1 unspecified atom stereocenters. The number of rotatable bonds is 4. The van der Waals surface area contributed by atoms with E-state index in [1.807, 2.05) is 0 Å². The van der Waals surface area contributed by atoms with Gasteiger partial charge in [-0.05, 0) is 12.5 Å². The van der Waals surface area contributed by atoms with E-state index in [4.69, 9.17) is 10.8 Å². The minimum atomic E-state index is -1.52. The molecule has 0 aliphatic rings. The Morgan fingerprint density at radius 1 is 1.33 bits per heavy atom. The smallest absolute Gasteiger partial charge is 0.188 e. The zero-order chi connectivity index (χ0) is 11.4. The number of hydrogen-bond donors (Lipinski definition) is 2. The summed E-state index contributed by atoms with van der Waals surface area (Å²) in [6.45, 7) is 1.39. The first-order valence-electron chi connectivity index (χ1n) is 4.72. The molecule has 4 nitrogen and oxygen atoms in total. The van der Waals surface area contributed by atoms with Gasteiger partial charge in [-0.3, -0.25) is 4.79 Å². The van der Waals surface area contributed by atoms with Gasteiger partial charge in [0, 0.05) is 0 Å². The van der Waals surface area contributed by atoms with Gasteiger partial charge in [0.1, 0.15) is 0 Å². The van der Waals surface area contributed by atoms with Crippen molar-refractivity contribution in [1.82, 2.24) is 0 Å². The molecule has 0 spiro atoms. The lowest BCUT2D eigenvalue weighted by Gasteiger charge is -2.16. The number of nitrogens with two attached hydrogens (primary N) is 1. The number of ketones is 1. The Morgan fingerprint density at radius 2 is 1.87 bits per heavy atom. The maximum Gasteiger partial charge on any atom is 0.188 e. The van der Waals surface area contributed by atoms with Gasteiger partial charge in [0.15, 0.2) is 11.9 Å². The van der Waals surface area contributed by atoms with E-state index in [1.165, 1.54) is 6.92 Å². The zero-order valence-electron chi connectivity index (χ0n) is 8.46. The summed E-state index contributed by atoms with van der Waals surface area (Å²) >= 11 is 0. The van der Waals surface area contributed by atoms with Crippen molar-refractivity contribution in [2.45, 2.75) is 25.2 Å². The summed E-state index contributed by atoms with van der Waals surface area (Å²) in [6, 6.07) is 7.15. The highest BCUT2D eigenvalue weighted by atomic mass is 16.3. The third kappa shape index (κ3) is 2.86. The van der Waals surface area contributed by atoms with E-state index < -0.39 is 24.0 Å². The van der Waals surface area contributed by atoms with Crippen LogP contribution in [0.25, 0.3) is 0 Å². The molecule has 81 valence electrons. The van der Waals surface area contributed by atoms with Gasteiger partial charge in [-0.15, -0.1) is 0 Å². The number of carbonyl (C=O) groups is 1. The fraction of sp³-hybridized carbons (Fsp3) is 0.364. The Bertz CT molecular complexity index is 324. The summed E-state index contributed by atoms with van der Waals surface area (Å²) in [7, 11) is 0. The highest BCUT2D eigenvalue weighted by Gasteiger charge is 2.27. The van der Waals surface area contributed by atoms with Crippen LogP contribution in [-0.4, -0.2) is 23.0 Å². The molecule has 0 amide bonds. The molecular formula is C11H14NO3. The molecule has 0 bridgehead atoms. The predicted molar refractivity (Wildman–Crippen MR) is 54.5 cm³/mol. The van der Waals surface area contributed by atoms with Gasteiger partial charge in [0.05, 0.1) is 12.1 Å².